The van der Waals surface area contributed by atoms with E-state index in [2.05, 4.69) is 4.98 Å². The van der Waals surface area contributed by atoms with Gasteiger partial charge in [0.25, 0.3) is 5.56 Å². The standard InChI is InChI=1S/C9H11FN2O4/c10-5-3-8(16-6(5)4-13)12-2-1-7(14)11-9(12)15/h1-2,5-6,8,13H,3-4H2,(H,11,14,15)/t5-,6+,8-/m0/s1. The zero-order chi connectivity index (χ0) is 11.7. The fraction of sp³-hybridized carbons (Fsp3) is 0.556. The molecule has 16 heavy (non-hydrogen) atoms. The second-order valence-corrected chi connectivity index (χ2v) is 3.58. The minimum absolute atomic E-state index is 0.0167. The Morgan fingerprint density at radius 2 is 2.38 bits per heavy atom. The normalized spacial score (nSPS) is 29.5. The molecular formula is C9H11FN2O4. The first kappa shape index (κ1) is 11.0. The summed E-state index contributed by atoms with van der Waals surface area (Å²) in [7, 11) is 0. The molecule has 88 valence electrons. The van der Waals surface area contributed by atoms with Crippen molar-refractivity contribution in [3.63, 3.8) is 0 Å². The number of rotatable bonds is 2. The third kappa shape index (κ3) is 1.91. The number of nitrogens with zero attached hydrogens (tertiary/aromatic N) is 1. The summed E-state index contributed by atoms with van der Waals surface area (Å²) in [6.07, 6.45) is -1.77. The average molecular weight is 230 g/mol. The van der Waals surface area contributed by atoms with Crippen LogP contribution in [0, 0.1) is 0 Å². The Morgan fingerprint density at radius 1 is 1.62 bits per heavy atom. The van der Waals surface area contributed by atoms with E-state index in [1.165, 1.54) is 6.20 Å². The first-order chi connectivity index (χ1) is 7.61. The predicted molar refractivity (Wildman–Crippen MR) is 51.8 cm³/mol. The third-order valence-corrected chi connectivity index (χ3v) is 2.50. The number of alkyl halides is 1. The molecule has 1 aliphatic rings. The van der Waals surface area contributed by atoms with Gasteiger partial charge in [-0.1, -0.05) is 0 Å². The number of ether oxygens (including phenoxy) is 1. The Balaban J connectivity index is 2.27. The highest BCUT2D eigenvalue weighted by Gasteiger charge is 2.36. The number of aliphatic hydroxyl groups is 1. The summed E-state index contributed by atoms with van der Waals surface area (Å²) in [5.74, 6) is 0. The summed E-state index contributed by atoms with van der Waals surface area (Å²) >= 11 is 0. The van der Waals surface area contributed by atoms with Crippen LogP contribution in [0.2, 0.25) is 0 Å². The molecule has 0 amide bonds. The van der Waals surface area contributed by atoms with E-state index in [-0.39, 0.29) is 6.42 Å². The van der Waals surface area contributed by atoms with E-state index >= 15 is 0 Å². The summed E-state index contributed by atoms with van der Waals surface area (Å²) in [6.45, 7) is -0.435. The van der Waals surface area contributed by atoms with Crippen LogP contribution < -0.4 is 11.2 Å². The number of aliphatic hydroxyl groups excluding tert-OH is 1. The number of nitrogens with one attached hydrogen (secondary N) is 1. The van der Waals surface area contributed by atoms with Gasteiger partial charge in [0.2, 0.25) is 0 Å². The van der Waals surface area contributed by atoms with Crippen LogP contribution >= 0.6 is 0 Å². The lowest BCUT2D eigenvalue weighted by Gasteiger charge is -2.13. The van der Waals surface area contributed by atoms with Gasteiger partial charge in [0, 0.05) is 18.7 Å². The van der Waals surface area contributed by atoms with E-state index < -0.39 is 36.4 Å². The molecule has 1 aromatic heterocycles. The molecule has 1 saturated heterocycles. The van der Waals surface area contributed by atoms with Crippen LogP contribution in [0.15, 0.2) is 21.9 Å². The van der Waals surface area contributed by atoms with Gasteiger partial charge in [0.15, 0.2) is 0 Å². The van der Waals surface area contributed by atoms with E-state index in [0.717, 1.165) is 10.6 Å². The monoisotopic (exact) mass is 230 g/mol. The Morgan fingerprint density at radius 3 is 2.94 bits per heavy atom. The third-order valence-electron chi connectivity index (χ3n) is 2.50. The molecule has 1 aromatic rings. The van der Waals surface area contributed by atoms with E-state index in [1.807, 2.05) is 0 Å². The number of H-pyrrole nitrogens is 1. The number of aromatic nitrogens is 2. The Hall–Kier alpha value is -1.47. The highest BCUT2D eigenvalue weighted by molar-refractivity contribution is 4.88. The molecule has 0 aliphatic carbocycles. The largest absolute Gasteiger partial charge is 0.394 e. The predicted octanol–water partition coefficient (Wildman–Crippen LogP) is -0.845. The molecule has 0 radical (unpaired) electrons. The molecule has 1 aliphatic heterocycles. The van der Waals surface area contributed by atoms with Gasteiger partial charge in [-0.05, 0) is 0 Å². The van der Waals surface area contributed by atoms with Gasteiger partial charge in [0.1, 0.15) is 18.5 Å². The fourth-order valence-electron chi connectivity index (χ4n) is 1.68. The van der Waals surface area contributed by atoms with Crippen molar-refractivity contribution in [3.8, 4) is 0 Å². The van der Waals surface area contributed by atoms with Crippen LogP contribution in [0.25, 0.3) is 0 Å². The molecule has 6 nitrogen and oxygen atoms in total. The van der Waals surface area contributed by atoms with Gasteiger partial charge in [0.05, 0.1) is 6.61 Å². The number of hydrogen-bond donors (Lipinski definition) is 2. The SMILES string of the molecule is O=c1ccn([C@@H]2C[C@H](F)[C@@H](CO)O2)c(=O)[nH]1. The lowest BCUT2D eigenvalue weighted by atomic mass is 10.2. The zero-order valence-electron chi connectivity index (χ0n) is 8.30. The molecule has 0 unspecified atom stereocenters. The topological polar surface area (TPSA) is 84.3 Å². The van der Waals surface area contributed by atoms with Crippen molar-refractivity contribution in [2.24, 2.45) is 0 Å². The van der Waals surface area contributed by atoms with Crippen molar-refractivity contribution in [2.75, 3.05) is 6.61 Å². The molecule has 0 bridgehead atoms. The zero-order valence-corrected chi connectivity index (χ0v) is 8.30. The number of hydrogen-bond acceptors (Lipinski definition) is 4. The van der Waals surface area contributed by atoms with Crippen LogP contribution in [-0.2, 0) is 4.74 Å². The molecule has 2 rings (SSSR count). The van der Waals surface area contributed by atoms with Gasteiger partial charge in [-0.2, -0.15) is 0 Å². The van der Waals surface area contributed by atoms with Gasteiger partial charge >= 0.3 is 5.69 Å². The molecule has 0 spiro atoms. The maximum absolute atomic E-state index is 13.3. The molecule has 2 N–H and O–H groups in total. The lowest BCUT2D eigenvalue weighted by Crippen LogP contribution is -2.31. The fourth-order valence-corrected chi connectivity index (χ4v) is 1.68. The highest BCUT2D eigenvalue weighted by atomic mass is 19.1. The summed E-state index contributed by atoms with van der Waals surface area (Å²) in [5, 5.41) is 8.80. The molecule has 2 heterocycles. The maximum atomic E-state index is 13.3. The maximum Gasteiger partial charge on any atom is 0.330 e. The quantitative estimate of drug-likeness (QED) is 0.693. The van der Waals surface area contributed by atoms with Gasteiger partial charge in [-0.15, -0.1) is 0 Å². The summed E-state index contributed by atoms with van der Waals surface area (Å²) < 4.78 is 19.5. The van der Waals surface area contributed by atoms with Crippen LogP contribution in [0.1, 0.15) is 12.6 Å². The van der Waals surface area contributed by atoms with Crippen LogP contribution in [0.5, 0.6) is 0 Å². The Labute approximate surface area is 89.3 Å². The van der Waals surface area contributed by atoms with E-state index in [0.29, 0.717) is 0 Å². The van der Waals surface area contributed by atoms with Crippen molar-refractivity contribution in [1.82, 2.24) is 9.55 Å². The Kier molecular flexibility index (Phi) is 2.88. The molecular weight excluding hydrogens is 219 g/mol. The average Bonchev–Trinajstić information content (AvgIpc) is 2.59. The van der Waals surface area contributed by atoms with Crippen molar-refractivity contribution in [1.29, 1.82) is 0 Å². The van der Waals surface area contributed by atoms with Crippen LogP contribution in [0.4, 0.5) is 4.39 Å². The summed E-state index contributed by atoms with van der Waals surface area (Å²) in [6, 6.07) is 1.16. The van der Waals surface area contributed by atoms with Gasteiger partial charge < -0.3 is 9.84 Å². The minimum Gasteiger partial charge on any atom is -0.394 e. The van der Waals surface area contributed by atoms with Gasteiger partial charge in [-0.3, -0.25) is 14.3 Å². The summed E-state index contributed by atoms with van der Waals surface area (Å²) in [4.78, 5) is 24.2. The molecule has 0 aromatic carbocycles. The molecule has 1 fully saturated rings. The minimum atomic E-state index is -1.31. The van der Waals surface area contributed by atoms with Crippen LogP contribution in [-0.4, -0.2) is 33.5 Å². The lowest BCUT2D eigenvalue weighted by molar-refractivity contribution is -0.0356. The van der Waals surface area contributed by atoms with Crippen molar-refractivity contribution < 1.29 is 14.2 Å². The highest BCUT2D eigenvalue weighted by Crippen LogP contribution is 2.29. The first-order valence-corrected chi connectivity index (χ1v) is 4.83. The van der Waals surface area contributed by atoms with Crippen LogP contribution in [0.3, 0.4) is 0 Å². The van der Waals surface area contributed by atoms with Crippen molar-refractivity contribution in [2.45, 2.75) is 24.9 Å². The summed E-state index contributed by atoms with van der Waals surface area (Å²) in [5.41, 5.74) is -1.17. The van der Waals surface area contributed by atoms with E-state index in [1.54, 1.807) is 0 Å². The Bertz CT molecular complexity index is 483. The number of aromatic amines is 1. The smallest absolute Gasteiger partial charge is 0.330 e. The molecule has 0 saturated carbocycles. The van der Waals surface area contributed by atoms with Gasteiger partial charge in [-0.25, -0.2) is 9.18 Å². The second-order valence-electron chi connectivity index (χ2n) is 3.58. The van der Waals surface area contributed by atoms with Crippen molar-refractivity contribution in [3.05, 3.63) is 33.1 Å². The molecule has 3 atom stereocenters. The number of halogens is 1. The van der Waals surface area contributed by atoms with E-state index in [4.69, 9.17) is 9.84 Å². The van der Waals surface area contributed by atoms with E-state index in [9.17, 15) is 14.0 Å². The van der Waals surface area contributed by atoms with Crippen molar-refractivity contribution >= 4 is 0 Å². The second kappa shape index (κ2) is 4.18. The first-order valence-electron chi connectivity index (χ1n) is 4.83. The molecule has 7 heteroatoms.